The number of hydrogen-bond donors (Lipinski definition) is 1. The zero-order valence-corrected chi connectivity index (χ0v) is 7.40. The Labute approximate surface area is 76.8 Å². The summed E-state index contributed by atoms with van der Waals surface area (Å²) in [5, 5.41) is 9.11. The van der Waals surface area contributed by atoms with E-state index in [1.165, 1.54) is 0 Å². The Morgan fingerprint density at radius 1 is 1.69 bits per heavy atom. The highest BCUT2D eigenvalue weighted by molar-refractivity contribution is 5.50. The highest BCUT2D eigenvalue weighted by Crippen LogP contribution is 2.22. The molecule has 0 spiro atoms. The summed E-state index contributed by atoms with van der Waals surface area (Å²) in [7, 11) is 1.59. The SMILES string of the molecule is COc1[c]ncc(N2CC(O)C2)c1. The van der Waals surface area contributed by atoms with Gasteiger partial charge in [0.2, 0.25) is 0 Å². The summed E-state index contributed by atoms with van der Waals surface area (Å²) in [4.78, 5) is 5.95. The highest BCUT2D eigenvalue weighted by Gasteiger charge is 2.24. The molecule has 1 aromatic rings. The largest absolute Gasteiger partial charge is 0.494 e. The van der Waals surface area contributed by atoms with Crippen molar-refractivity contribution in [2.75, 3.05) is 25.1 Å². The molecular formula is C9H11N2O2. The molecule has 4 nitrogen and oxygen atoms in total. The van der Waals surface area contributed by atoms with Gasteiger partial charge < -0.3 is 14.7 Å². The molecule has 13 heavy (non-hydrogen) atoms. The van der Waals surface area contributed by atoms with Gasteiger partial charge in [0.25, 0.3) is 0 Å². The minimum absolute atomic E-state index is 0.199. The summed E-state index contributed by atoms with van der Waals surface area (Å²) in [6.45, 7) is 1.35. The van der Waals surface area contributed by atoms with Gasteiger partial charge >= 0.3 is 0 Å². The lowest BCUT2D eigenvalue weighted by Crippen LogP contribution is -2.50. The van der Waals surface area contributed by atoms with Crippen LogP contribution in [-0.2, 0) is 0 Å². The standard InChI is InChI=1S/C9H11N2O2/c1-13-9-2-7(3-10-4-9)11-5-8(12)6-11/h2-3,8,12H,5-6H2,1H3. The molecular weight excluding hydrogens is 168 g/mol. The van der Waals surface area contributed by atoms with Crippen molar-refractivity contribution >= 4 is 5.69 Å². The third kappa shape index (κ3) is 1.58. The van der Waals surface area contributed by atoms with Gasteiger partial charge in [0, 0.05) is 19.2 Å². The molecule has 0 atom stereocenters. The molecule has 0 aliphatic carbocycles. The molecule has 2 heterocycles. The Balaban J connectivity index is 2.12. The van der Waals surface area contributed by atoms with Crippen molar-refractivity contribution in [3.8, 4) is 5.75 Å². The normalized spacial score (nSPS) is 16.9. The van der Waals surface area contributed by atoms with E-state index in [4.69, 9.17) is 9.84 Å². The van der Waals surface area contributed by atoms with Crippen LogP contribution in [0.25, 0.3) is 0 Å². The summed E-state index contributed by atoms with van der Waals surface area (Å²) in [6.07, 6.45) is 4.23. The van der Waals surface area contributed by atoms with Crippen LogP contribution in [0.3, 0.4) is 0 Å². The van der Waals surface area contributed by atoms with E-state index in [1.54, 1.807) is 13.3 Å². The number of ether oxygens (including phenoxy) is 1. The summed E-state index contributed by atoms with van der Waals surface area (Å²) in [5.41, 5.74) is 0.973. The van der Waals surface area contributed by atoms with Crippen molar-refractivity contribution < 1.29 is 9.84 Å². The second kappa shape index (κ2) is 3.22. The van der Waals surface area contributed by atoms with E-state index in [2.05, 4.69) is 11.2 Å². The third-order valence-electron chi connectivity index (χ3n) is 2.10. The molecule has 1 aromatic heterocycles. The molecule has 0 saturated carbocycles. The molecule has 0 aromatic carbocycles. The Morgan fingerprint density at radius 3 is 3.08 bits per heavy atom. The number of methoxy groups -OCH3 is 1. The van der Waals surface area contributed by atoms with E-state index in [0.717, 1.165) is 5.69 Å². The maximum absolute atomic E-state index is 9.11. The molecule has 1 fully saturated rings. The van der Waals surface area contributed by atoms with Crippen LogP contribution in [0.1, 0.15) is 0 Å². The van der Waals surface area contributed by atoms with Crippen LogP contribution in [0.5, 0.6) is 5.75 Å². The fourth-order valence-electron chi connectivity index (χ4n) is 1.31. The van der Waals surface area contributed by atoms with Crippen molar-refractivity contribution in [3.63, 3.8) is 0 Å². The summed E-state index contributed by atoms with van der Waals surface area (Å²) in [5.74, 6) is 0.624. The van der Waals surface area contributed by atoms with Crippen molar-refractivity contribution in [2.45, 2.75) is 6.10 Å². The van der Waals surface area contributed by atoms with Gasteiger partial charge in [0.1, 0.15) is 11.9 Å². The highest BCUT2D eigenvalue weighted by atomic mass is 16.5. The van der Waals surface area contributed by atoms with Gasteiger partial charge in [0.15, 0.2) is 0 Å². The molecule has 1 aliphatic heterocycles. The smallest absolute Gasteiger partial charge is 0.148 e. The van der Waals surface area contributed by atoms with Gasteiger partial charge in [-0.15, -0.1) is 0 Å². The minimum Gasteiger partial charge on any atom is -0.494 e. The lowest BCUT2D eigenvalue weighted by atomic mass is 10.1. The number of β-amino-alcohol motifs (C(OH)–C–C–N with tert-alkyl or cyclic N) is 1. The Bertz CT molecular complexity index is 297. The predicted octanol–water partition coefficient (Wildman–Crippen LogP) is 0.0713. The van der Waals surface area contributed by atoms with Crippen molar-refractivity contribution in [1.82, 2.24) is 4.98 Å². The first kappa shape index (κ1) is 8.31. The fourth-order valence-corrected chi connectivity index (χ4v) is 1.31. The average Bonchev–Trinajstić information content (AvgIpc) is 2.13. The lowest BCUT2D eigenvalue weighted by molar-refractivity contribution is 0.142. The molecule has 0 bridgehead atoms. The third-order valence-corrected chi connectivity index (χ3v) is 2.10. The number of aromatic nitrogens is 1. The Kier molecular flexibility index (Phi) is 2.06. The van der Waals surface area contributed by atoms with E-state index in [0.29, 0.717) is 18.8 Å². The number of nitrogens with zero attached hydrogens (tertiary/aromatic N) is 2. The van der Waals surface area contributed by atoms with Crippen LogP contribution < -0.4 is 9.64 Å². The number of aliphatic hydroxyl groups excluding tert-OH is 1. The maximum atomic E-state index is 9.11. The molecule has 4 heteroatoms. The van der Waals surface area contributed by atoms with Gasteiger partial charge in [-0.25, -0.2) is 4.98 Å². The van der Waals surface area contributed by atoms with Gasteiger partial charge in [-0.3, -0.25) is 0 Å². The minimum atomic E-state index is -0.199. The zero-order chi connectivity index (χ0) is 9.26. The van der Waals surface area contributed by atoms with Crippen LogP contribution in [0.4, 0.5) is 5.69 Å². The first-order valence-electron chi connectivity index (χ1n) is 4.14. The van der Waals surface area contributed by atoms with Gasteiger partial charge in [-0.1, -0.05) is 0 Å². The Morgan fingerprint density at radius 2 is 2.46 bits per heavy atom. The van der Waals surface area contributed by atoms with E-state index < -0.39 is 0 Å². The van der Waals surface area contributed by atoms with Crippen LogP contribution in [0.15, 0.2) is 12.3 Å². The first-order chi connectivity index (χ1) is 6.29. The molecule has 1 saturated heterocycles. The van der Waals surface area contributed by atoms with Crippen LogP contribution in [-0.4, -0.2) is 36.4 Å². The van der Waals surface area contributed by atoms with E-state index >= 15 is 0 Å². The van der Waals surface area contributed by atoms with Gasteiger partial charge in [-0.05, 0) is 0 Å². The molecule has 0 unspecified atom stereocenters. The number of hydrogen-bond acceptors (Lipinski definition) is 4. The second-order valence-electron chi connectivity index (χ2n) is 3.07. The molecule has 69 valence electrons. The summed E-state index contributed by atoms with van der Waals surface area (Å²) < 4.78 is 4.99. The number of anilines is 1. The van der Waals surface area contributed by atoms with Crippen molar-refractivity contribution in [2.24, 2.45) is 0 Å². The monoisotopic (exact) mass is 179 g/mol. The van der Waals surface area contributed by atoms with Gasteiger partial charge in [-0.2, -0.15) is 0 Å². The predicted molar refractivity (Wildman–Crippen MR) is 47.8 cm³/mol. The number of pyridine rings is 1. The van der Waals surface area contributed by atoms with Crippen LogP contribution in [0.2, 0.25) is 0 Å². The van der Waals surface area contributed by atoms with Crippen molar-refractivity contribution in [3.05, 3.63) is 18.5 Å². The summed E-state index contributed by atoms with van der Waals surface area (Å²) >= 11 is 0. The molecule has 2 rings (SSSR count). The molecule has 1 N–H and O–H groups in total. The number of rotatable bonds is 2. The lowest BCUT2D eigenvalue weighted by Gasteiger charge is -2.37. The zero-order valence-electron chi connectivity index (χ0n) is 7.40. The topological polar surface area (TPSA) is 45.6 Å². The fraction of sp³-hybridized carbons (Fsp3) is 0.444. The first-order valence-corrected chi connectivity index (χ1v) is 4.14. The average molecular weight is 179 g/mol. The van der Waals surface area contributed by atoms with Gasteiger partial charge in [0.05, 0.1) is 25.1 Å². The number of aliphatic hydroxyl groups is 1. The van der Waals surface area contributed by atoms with Crippen LogP contribution >= 0.6 is 0 Å². The van der Waals surface area contributed by atoms with Crippen molar-refractivity contribution in [1.29, 1.82) is 0 Å². The van der Waals surface area contributed by atoms with Crippen LogP contribution in [0, 0.1) is 6.20 Å². The maximum Gasteiger partial charge on any atom is 0.148 e. The van der Waals surface area contributed by atoms with E-state index in [9.17, 15) is 0 Å². The quantitative estimate of drug-likeness (QED) is 0.698. The molecule has 0 amide bonds. The summed E-state index contributed by atoms with van der Waals surface area (Å²) in [6, 6.07) is 1.86. The van der Waals surface area contributed by atoms with E-state index in [-0.39, 0.29) is 6.10 Å². The molecule has 1 aliphatic rings. The van der Waals surface area contributed by atoms with E-state index in [1.807, 2.05) is 11.0 Å². The Hall–Kier alpha value is -1.29. The second-order valence-corrected chi connectivity index (χ2v) is 3.07. The molecule has 1 radical (unpaired) electrons.